The van der Waals surface area contributed by atoms with Gasteiger partial charge in [-0.15, -0.1) is 0 Å². The van der Waals surface area contributed by atoms with Gasteiger partial charge in [-0.1, -0.05) is 15.9 Å². The molecule has 1 aliphatic rings. The van der Waals surface area contributed by atoms with Gasteiger partial charge < -0.3 is 0 Å². The second-order valence-electron chi connectivity index (χ2n) is 2.71. The van der Waals surface area contributed by atoms with Crippen LogP contribution in [0.15, 0.2) is 21.6 Å². The first-order valence-electron chi connectivity index (χ1n) is 3.76. The number of nitrogens with zero attached hydrogens (tertiary/aromatic N) is 1. The third-order valence-electron chi connectivity index (χ3n) is 1.96. The molecule has 0 unspecified atom stereocenters. The van der Waals surface area contributed by atoms with Crippen LogP contribution in [0.2, 0.25) is 0 Å². The van der Waals surface area contributed by atoms with Crippen molar-refractivity contribution >= 4 is 22.1 Å². The first-order valence-corrected chi connectivity index (χ1v) is 4.55. The van der Waals surface area contributed by atoms with E-state index in [1.807, 2.05) is 0 Å². The maximum atomic E-state index is 13.1. The predicted molar refractivity (Wildman–Crippen MR) is 50.3 cm³/mol. The van der Waals surface area contributed by atoms with E-state index in [0.717, 1.165) is 23.0 Å². The molecule has 0 amide bonds. The molecule has 3 heteroatoms. The Morgan fingerprint density at radius 1 is 1.42 bits per heavy atom. The molecule has 2 rings (SSSR count). The molecule has 1 heterocycles. The van der Waals surface area contributed by atoms with Gasteiger partial charge in [0.15, 0.2) is 0 Å². The second-order valence-corrected chi connectivity index (χ2v) is 3.56. The lowest BCUT2D eigenvalue weighted by atomic mass is 10.0. The van der Waals surface area contributed by atoms with Crippen LogP contribution in [0.4, 0.5) is 4.39 Å². The molecule has 0 spiro atoms. The van der Waals surface area contributed by atoms with E-state index in [0.29, 0.717) is 5.56 Å². The minimum atomic E-state index is -0.184. The fourth-order valence-electron chi connectivity index (χ4n) is 1.34. The minimum Gasteiger partial charge on any atom is -0.292 e. The monoisotopic (exact) mass is 227 g/mol. The van der Waals surface area contributed by atoms with E-state index < -0.39 is 0 Å². The van der Waals surface area contributed by atoms with Crippen LogP contribution in [0.3, 0.4) is 0 Å². The Morgan fingerprint density at radius 2 is 2.25 bits per heavy atom. The SMILES string of the molecule is Fc1ccc(Br)c2c1C=NCC2. The molecule has 0 atom stereocenters. The number of benzene rings is 1. The lowest BCUT2D eigenvalue weighted by Gasteiger charge is -2.11. The molecule has 0 fully saturated rings. The summed E-state index contributed by atoms with van der Waals surface area (Å²) < 4.78 is 14.1. The molecule has 0 radical (unpaired) electrons. The first kappa shape index (κ1) is 7.92. The highest BCUT2D eigenvalue weighted by Gasteiger charge is 2.12. The first-order chi connectivity index (χ1) is 5.79. The summed E-state index contributed by atoms with van der Waals surface area (Å²) in [5.74, 6) is -0.184. The average Bonchev–Trinajstić information content (AvgIpc) is 2.12. The Morgan fingerprint density at radius 3 is 3.00 bits per heavy atom. The van der Waals surface area contributed by atoms with Crippen molar-refractivity contribution in [3.63, 3.8) is 0 Å². The van der Waals surface area contributed by atoms with Gasteiger partial charge in [0, 0.05) is 22.8 Å². The summed E-state index contributed by atoms with van der Waals surface area (Å²) >= 11 is 3.39. The maximum absolute atomic E-state index is 13.1. The molecule has 1 nitrogen and oxygen atoms in total. The summed E-state index contributed by atoms with van der Waals surface area (Å²) in [4.78, 5) is 4.03. The fraction of sp³-hybridized carbons (Fsp3) is 0.222. The van der Waals surface area contributed by atoms with E-state index in [2.05, 4.69) is 20.9 Å². The third-order valence-corrected chi connectivity index (χ3v) is 2.70. The second kappa shape index (κ2) is 2.98. The lowest BCUT2D eigenvalue weighted by molar-refractivity contribution is 0.621. The Balaban J connectivity index is 2.67. The van der Waals surface area contributed by atoms with E-state index in [1.54, 1.807) is 12.3 Å². The highest BCUT2D eigenvalue weighted by Crippen LogP contribution is 2.24. The highest BCUT2D eigenvalue weighted by molar-refractivity contribution is 9.10. The normalized spacial score (nSPS) is 14.5. The fourth-order valence-corrected chi connectivity index (χ4v) is 1.88. The summed E-state index contributed by atoms with van der Waals surface area (Å²) in [7, 11) is 0. The van der Waals surface area contributed by atoms with Crippen LogP contribution >= 0.6 is 15.9 Å². The maximum Gasteiger partial charge on any atom is 0.132 e. The predicted octanol–water partition coefficient (Wildman–Crippen LogP) is 2.56. The van der Waals surface area contributed by atoms with Gasteiger partial charge in [0.1, 0.15) is 5.82 Å². The van der Waals surface area contributed by atoms with Gasteiger partial charge in [0.05, 0.1) is 0 Å². The number of aliphatic imine (C=N–C) groups is 1. The van der Waals surface area contributed by atoms with Crippen LogP contribution in [0.5, 0.6) is 0 Å². The largest absolute Gasteiger partial charge is 0.292 e. The molecule has 0 bridgehead atoms. The Labute approximate surface area is 78.4 Å². The zero-order valence-corrected chi connectivity index (χ0v) is 7.94. The van der Waals surface area contributed by atoms with Crippen LogP contribution in [-0.4, -0.2) is 12.8 Å². The smallest absolute Gasteiger partial charge is 0.132 e. The molecule has 0 N–H and O–H groups in total. The van der Waals surface area contributed by atoms with Crippen molar-refractivity contribution in [2.24, 2.45) is 4.99 Å². The molecule has 1 aromatic rings. The molecule has 62 valence electrons. The zero-order chi connectivity index (χ0) is 8.55. The molecule has 0 saturated carbocycles. The number of hydrogen-bond acceptors (Lipinski definition) is 1. The molecule has 1 aromatic carbocycles. The summed E-state index contributed by atoms with van der Waals surface area (Å²) in [6, 6.07) is 3.20. The zero-order valence-electron chi connectivity index (χ0n) is 6.35. The summed E-state index contributed by atoms with van der Waals surface area (Å²) in [5.41, 5.74) is 1.67. The molecule has 12 heavy (non-hydrogen) atoms. The van der Waals surface area contributed by atoms with Crippen LogP contribution < -0.4 is 0 Å². The van der Waals surface area contributed by atoms with Crippen molar-refractivity contribution in [2.75, 3.05) is 6.54 Å². The molecule has 0 aliphatic carbocycles. The van der Waals surface area contributed by atoms with Gasteiger partial charge >= 0.3 is 0 Å². The number of rotatable bonds is 0. The van der Waals surface area contributed by atoms with E-state index in [-0.39, 0.29) is 5.82 Å². The summed E-state index contributed by atoms with van der Waals surface area (Å²) in [5, 5.41) is 0. The van der Waals surface area contributed by atoms with Crippen molar-refractivity contribution in [3.8, 4) is 0 Å². The summed E-state index contributed by atoms with van der Waals surface area (Å²) in [6.07, 6.45) is 2.43. The topological polar surface area (TPSA) is 12.4 Å². The van der Waals surface area contributed by atoms with Gasteiger partial charge in [0.2, 0.25) is 0 Å². The lowest BCUT2D eigenvalue weighted by Crippen LogP contribution is -2.06. The summed E-state index contributed by atoms with van der Waals surface area (Å²) in [6.45, 7) is 0.759. The molecule has 0 aromatic heterocycles. The Bertz CT molecular complexity index is 347. The van der Waals surface area contributed by atoms with Gasteiger partial charge in [-0.25, -0.2) is 4.39 Å². The van der Waals surface area contributed by atoms with Crippen molar-refractivity contribution in [1.82, 2.24) is 0 Å². The molecular formula is C9H7BrFN. The van der Waals surface area contributed by atoms with Crippen molar-refractivity contribution in [1.29, 1.82) is 0 Å². The standard InChI is InChI=1S/C9H7BrFN/c10-8-1-2-9(11)7-5-12-4-3-6(7)8/h1-2,5H,3-4H2. The number of hydrogen-bond donors (Lipinski definition) is 0. The highest BCUT2D eigenvalue weighted by atomic mass is 79.9. The Hall–Kier alpha value is -0.700. The van der Waals surface area contributed by atoms with E-state index >= 15 is 0 Å². The quantitative estimate of drug-likeness (QED) is 0.647. The Kier molecular flexibility index (Phi) is 1.97. The van der Waals surface area contributed by atoms with E-state index in [1.165, 1.54) is 6.07 Å². The third kappa shape index (κ3) is 1.18. The molecule has 0 saturated heterocycles. The van der Waals surface area contributed by atoms with E-state index in [4.69, 9.17) is 0 Å². The van der Waals surface area contributed by atoms with Gasteiger partial charge in [-0.3, -0.25) is 4.99 Å². The average molecular weight is 228 g/mol. The number of halogens is 2. The van der Waals surface area contributed by atoms with Gasteiger partial charge in [-0.2, -0.15) is 0 Å². The van der Waals surface area contributed by atoms with Crippen LogP contribution in [-0.2, 0) is 6.42 Å². The van der Waals surface area contributed by atoms with Gasteiger partial charge in [-0.05, 0) is 24.1 Å². The molecular weight excluding hydrogens is 221 g/mol. The van der Waals surface area contributed by atoms with E-state index in [9.17, 15) is 4.39 Å². The minimum absolute atomic E-state index is 0.184. The van der Waals surface area contributed by atoms with Crippen molar-refractivity contribution in [2.45, 2.75) is 6.42 Å². The van der Waals surface area contributed by atoms with Crippen molar-refractivity contribution in [3.05, 3.63) is 33.5 Å². The van der Waals surface area contributed by atoms with Crippen LogP contribution in [0.25, 0.3) is 0 Å². The van der Waals surface area contributed by atoms with Crippen LogP contribution in [0.1, 0.15) is 11.1 Å². The van der Waals surface area contributed by atoms with Crippen LogP contribution in [0, 0.1) is 5.82 Å². The van der Waals surface area contributed by atoms with Gasteiger partial charge in [0.25, 0.3) is 0 Å². The number of fused-ring (bicyclic) bond motifs is 1. The molecule has 1 aliphatic heterocycles. The van der Waals surface area contributed by atoms with Crippen molar-refractivity contribution < 1.29 is 4.39 Å².